The first-order valence-corrected chi connectivity index (χ1v) is 8.88. The molecule has 1 heterocycles. The van der Waals surface area contributed by atoms with Crippen LogP contribution in [0.5, 0.6) is 0 Å². The van der Waals surface area contributed by atoms with E-state index in [2.05, 4.69) is 59.7 Å². The quantitative estimate of drug-likeness (QED) is 0.873. The molecule has 1 aliphatic heterocycles. The van der Waals surface area contributed by atoms with Gasteiger partial charge in [-0.25, -0.2) is 0 Å². The third kappa shape index (κ3) is 3.24. The molecule has 0 aromatic heterocycles. The molecule has 2 aliphatic rings. The van der Waals surface area contributed by atoms with E-state index < -0.39 is 0 Å². The molecule has 1 N–H and O–H groups in total. The molecule has 2 aromatic carbocycles. The third-order valence-corrected chi connectivity index (χ3v) is 5.36. The van der Waals surface area contributed by atoms with Crippen LogP contribution in [-0.2, 0) is 6.54 Å². The highest BCUT2D eigenvalue weighted by molar-refractivity contribution is 6.31. The average Bonchev–Trinajstić information content (AvgIpc) is 3.38. The number of anilines is 1. The van der Waals surface area contributed by atoms with Crippen LogP contribution in [0.3, 0.4) is 0 Å². The van der Waals surface area contributed by atoms with Crippen LogP contribution in [0.15, 0.2) is 42.5 Å². The standard InChI is InChI=1S/C20H23ClN2/c1-23-12-18(15-5-3-2-4-6-15)17-9-16(22-11-14-7-8-14)10-20(21)19(17)13-23/h2-6,9-10,14,18,22H,7-8,11-13H2,1H3. The summed E-state index contributed by atoms with van der Waals surface area (Å²) in [5.41, 5.74) is 5.22. The zero-order valence-electron chi connectivity index (χ0n) is 13.6. The fourth-order valence-corrected chi connectivity index (χ4v) is 3.82. The Kier molecular flexibility index (Phi) is 4.04. The molecule has 1 saturated carbocycles. The molecule has 1 unspecified atom stereocenters. The van der Waals surface area contributed by atoms with Gasteiger partial charge in [0.05, 0.1) is 0 Å². The Morgan fingerprint density at radius 2 is 1.96 bits per heavy atom. The van der Waals surface area contributed by atoms with Gasteiger partial charge < -0.3 is 10.2 Å². The lowest BCUT2D eigenvalue weighted by molar-refractivity contribution is 0.295. The first-order chi connectivity index (χ1) is 11.2. The van der Waals surface area contributed by atoms with Crippen LogP contribution >= 0.6 is 11.6 Å². The molecule has 0 amide bonds. The van der Waals surface area contributed by atoms with Crippen LogP contribution in [0.1, 0.15) is 35.4 Å². The van der Waals surface area contributed by atoms with Gasteiger partial charge in [-0.3, -0.25) is 0 Å². The van der Waals surface area contributed by atoms with Crippen molar-refractivity contribution < 1.29 is 0 Å². The first kappa shape index (κ1) is 15.0. The minimum atomic E-state index is 0.394. The van der Waals surface area contributed by atoms with Crippen molar-refractivity contribution in [3.63, 3.8) is 0 Å². The molecular formula is C20H23ClN2. The molecule has 2 nitrogen and oxygen atoms in total. The fraction of sp³-hybridized carbons (Fsp3) is 0.400. The largest absolute Gasteiger partial charge is 0.385 e. The van der Waals surface area contributed by atoms with E-state index >= 15 is 0 Å². The summed E-state index contributed by atoms with van der Waals surface area (Å²) in [7, 11) is 2.18. The summed E-state index contributed by atoms with van der Waals surface area (Å²) in [6.45, 7) is 3.05. The van der Waals surface area contributed by atoms with Crippen molar-refractivity contribution in [2.24, 2.45) is 5.92 Å². The van der Waals surface area contributed by atoms with Gasteiger partial charge in [0.2, 0.25) is 0 Å². The number of hydrogen-bond donors (Lipinski definition) is 1. The second kappa shape index (κ2) is 6.18. The number of fused-ring (bicyclic) bond motifs is 1. The molecule has 120 valence electrons. The fourth-order valence-electron chi connectivity index (χ4n) is 3.54. The molecule has 0 spiro atoms. The highest BCUT2D eigenvalue weighted by Gasteiger charge is 2.27. The van der Waals surface area contributed by atoms with E-state index in [9.17, 15) is 0 Å². The summed E-state index contributed by atoms with van der Waals surface area (Å²) in [4.78, 5) is 2.36. The second-order valence-corrected chi connectivity index (χ2v) is 7.42. The summed E-state index contributed by atoms with van der Waals surface area (Å²) in [5, 5.41) is 4.48. The molecule has 23 heavy (non-hydrogen) atoms. The maximum atomic E-state index is 6.63. The number of rotatable bonds is 4. The van der Waals surface area contributed by atoms with E-state index in [4.69, 9.17) is 11.6 Å². The van der Waals surface area contributed by atoms with Crippen molar-refractivity contribution in [2.45, 2.75) is 25.3 Å². The van der Waals surface area contributed by atoms with E-state index in [0.717, 1.165) is 30.6 Å². The van der Waals surface area contributed by atoms with Crippen LogP contribution in [0.4, 0.5) is 5.69 Å². The predicted octanol–water partition coefficient (Wildman–Crippen LogP) is 4.74. The molecule has 0 bridgehead atoms. The average molecular weight is 327 g/mol. The van der Waals surface area contributed by atoms with Crippen LogP contribution in [-0.4, -0.2) is 25.0 Å². The first-order valence-electron chi connectivity index (χ1n) is 8.50. The Balaban J connectivity index is 1.71. The van der Waals surface area contributed by atoms with Crippen LogP contribution in [0.25, 0.3) is 0 Å². The van der Waals surface area contributed by atoms with Crippen LogP contribution < -0.4 is 5.32 Å². The molecule has 1 atom stereocenters. The van der Waals surface area contributed by atoms with Crippen LogP contribution in [0.2, 0.25) is 5.02 Å². The van der Waals surface area contributed by atoms with E-state index in [1.807, 2.05) is 0 Å². The Hall–Kier alpha value is -1.51. The second-order valence-electron chi connectivity index (χ2n) is 7.01. The van der Waals surface area contributed by atoms with Crippen molar-refractivity contribution in [3.05, 3.63) is 64.2 Å². The van der Waals surface area contributed by atoms with E-state index in [-0.39, 0.29) is 0 Å². The minimum Gasteiger partial charge on any atom is -0.385 e. The summed E-state index contributed by atoms with van der Waals surface area (Å²) in [6.07, 6.45) is 2.73. The third-order valence-electron chi connectivity index (χ3n) is 5.02. The highest BCUT2D eigenvalue weighted by atomic mass is 35.5. The van der Waals surface area contributed by atoms with Gasteiger partial charge in [-0.15, -0.1) is 0 Å². The number of halogens is 1. The van der Waals surface area contributed by atoms with Gasteiger partial charge in [-0.05, 0) is 54.6 Å². The maximum absolute atomic E-state index is 6.63. The van der Waals surface area contributed by atoms with Gasteiger partial charge in [-0.1, -0.05) is 41.9 Å². The van der Waals surface area contributed by atoms with Gasteiger partial charge in [0.1, 0.15) is 0 Å². The number of likely N-dealkylation sites (N-methyl/N-ethyl adjacent to an activating group) is 1. The monoisotopic (exact) mass is 326 g/mol. The molecule has 1 fully saturated rings. The number of nitrogens with one attached hydrogen (secondary N) is 1. The van der Waals surface area contributed by atoms with Crippen molar-refractivity contribution in [3.8, 4) is 0 Å². The molecule has 0 saturated heterocycles. The predicted molar refractivity (Wildman–Crippen MR) is 97.3 cm³/mol. The van der Waals surface area contributed by atoms with Gasteiger partial charge in [0.15, 0.2) is 0 Å². The zero-order chi connectivity index (χ0) is 15.8. The summed E-state index contributed by atoms with van der Waals surface area (Å²) >= 11 is 6.63. The van der Waals surface area contributed by atoms with Crippen molar-refractivity contribution in [2.75, 3.05) is 25.5 Å². The van der Waals surface area contributed by atoms with E-state index in [1.54, 1.807) is 0 Å². The molecule has 0 radical (unpaired) electrons. The number of benzene rings is 2. The van der Waals surface area contributed by atoms with Gasteiger partial charge in [-0.2, -0.15) is 0 Å². The summed E-state index contributed by atoms with van der Waals surface area (Å²) < 4.78 is 0. The van der Waals surface area contributed by atoms with Crippen molar-refractivity contribution in [1.82, 2.24) is 4.90 Å². The summed E-state index contributed by atoms with van der Waals surface area (Å²) in [5.74, 6) is 1.26. The lowest BCUT2D eigenvalue weighted by Gasteiger charge is -2.33. The van der Waals surface area contributed by atoms with Crippen molar-refractivity contribution in [1.29, 1.82) is 0 Å². The Bertz CT molecular complexity index is 694. The lowest BCUT2D eigenvalue weighted by Crippen LogP contribution is -2.31. The van der Waals surface area contributed by atoms with Crippen molar-refractivity contribution >= 4 is 17.3 Å². The number of nitrogens with zero attached hydrogens (tertiary/aromatic N) is 1. The highest BCUT2D eigenvalue weighted by Crippen LogP contribution is 2.39. The Morgan fingerprint density at radius 1 is 1.17 bits per heavy atom. The normalized spacial score (nSPS) is 21.0. The van der Waals surface area contributed by atoms with E-state index in [1.165, 1.54) is 35.2 Å². The number of hydrogen-bond acceptors (Lipinski definition) is 2. The Morgan fingerprint density at radius 3 is 2.70 bits per heavy atom. The van der Waals surface area contributed by atoms with E-state index in [0.29, 0.717) is 5.92 Å². The zero-order valence-corrected chi connectivity index (χ0v) is 14.3. The topological polar surface area (TPSA) is 15.3 Å². The lowest BCUT2D eigenvalue weighted by atomic mass is 9.84. The van der Waals surface area contributed by atoms with Gasteiger partial charge in [0.25, 0.3) is 0 Å². The smallest absolute Gasteiger partial charge is 0.0474 e. The SMILES string of the molecule is CN1Cc2c(Cl)cc(NCC3CC3)cc2C(c2ccccc2)C1. The molecule has 1 aliphatic carbocycles. The van der Waals surface area contributed by atoms with Gasteiger partial charge >= 0.3 is 0 Å². The molecule has 3 heteroatoms. The molecular weight excluding hydrogens is 304 g/mol. The van der Waals surface area contributed by atoms with Crippen LogP contribution in [0, 0.1) is 5.92 Å². The Labute approximate surface area is 143 Å². The minimum absolute atomic E-state index is 0.394. The van der Waals surface area contributed by atoms with Gasteiger partial charge in [0, 0.05) is 36.3 Å². The summed E-state index contributed by atoms with van der Waals surface area (Å²) in [6, 6.07) is 15.2. The maximum Gasteiger partial charge on any atom is 0.0474 e. The molecule has 4 rings (SSSR count). The molecule has 2 aromatic rings.